The van der Waals surface area contributed by atoms with Crippen molar-refractivity contribution in [1.29, 1.82) is 0 Å². The van der Waals surface area contributed by atoms with Crippen LogP contribution < -0.4 is 5.32 Å². The molecule has 0 aromatic carbocycles. The van der Waals surface area contributed by atoms with Crippen LogP contribution in [0.4, 0.5) is 0 Å². The van der Waals surface area contributed by atoms with Crippen LogP contribution in [0.25, 0.3) is 0 Å². The molecule has 20 heavy (non-hydrogen) atoms. The molecule has 1 aliphatic carbocycles. The predicted molar refractivity (Wildman–Crippen MR) is 80.9 cm³/mol. The predicted octanol–water partition coefficient (Wildman–Crippen LogP) is 1.40. The average Bonchev–Trinajstić information content (AvgIpc) is 3.10. The summed E-state index contributed by atoms with van der Waals surface area (Å²) in [6, 6.07) is 0.707. The van der Waals surface area contributed by atoms with E-state index in [2.05, 4.69) is 17.3 Å². The molecule has 1 aromatic rings. The fourth-order valence-electron chi connectivity index (χ4n) is 2.63. The zero-order chi connectivity index (χ0) is 14.9. The maximum Gasteiger partial charge on any atom is 0.149 e. The minimum atomic E-state index is -2.95. The Hall–Kier alpha value is -0.880. The molecule has 1 aliphatic rings. The number of aromatic nitrogens is 2. The van der Waals surface area contributed by atoms with Crippen LogP contribution in [0.1, 0.15) is 42.6 Å². The van der Waals surface area contributed by atoms with Gasteiger partial charge < -0.3 is 5.32 Å². The van der Waals surface area contributed by atoms with Crippen molar-refractivity contribution in [3.63, 3.8) is 0 Å². The molecule has 1 N–H and O–H groups in total. The van der Waals surface area contributed by atoms with E-state index >= 15 is 0 Å². The minimum absolute atomic E-state index is 0.142. The third kappa shape index (κ3) is 4.06. The molecule has 0 aliphatic heterocycles. The Morgan fingerprint density at radius 2 is 2.05 bits per heavy atom. The van der Waals surface area contributed by atoms with Gasteiger partial charge in [-0.05, 0) is 38.2 Å². The Bertz CT molecular complexity index is 573. The summed E-state index contributed by atoms with van der Waals surface area (Å²) in [5.74, 6) is 0.547. The van der Waals surface area contributed by atoms with Gasteiger partial charge in [-0.1, -0.05) is 6.92 Å². The first-order valence-corrected chi connectivity index (χ1v) is 9.29. The van der Waals surface area contributed by atoms with Gasteiger partial charge in [0.05, 0.1) is 18.0 Å². The van der Waals surface area contributed by atoms with Crippen LogP contribution in [-0.2, 0) is 16.4 Å². The van der Waals surface area contributed by atoms with Gasteiger partial charge in [0, 0.05) is 24.5 Å². The topological polar surface area (TPSA) is 64.0 Å². The van der Waals surface area contributed by atoms with Crippen LogP contribution in [0, 0.1) is 13.8 Å². The Kier molecular flexibility index (Phi) is 4.54. The molecule has 2 rings (SSSR count). The normalized spacial score (nSPS) is 17.4. The Balaban J connectivity index is 2.06. The van der Waals surface area contributed by atoms with Gasteiger partial charge in [-0.25, -0.2) is 8.42 Å². The monoisotopic (exact) mass is 299 g/mol. The van der Waals surface area contributed by atoms with Crippen LogP contribution >= 0.6 is 0 Å². The molecular formula is C14H25N3O2S. The van der Waals surface area contributed by atoms with E-state index in [1.807, 2.05) is 18.5 Å². The summed E-state index contributed by atoms with van der Waals surface area (Å²) in [4.78, 5) is 0. The Morgan fingerprint density at radius 3 is 2.60 bits per heavy atom. The fourth-order valence-corrected chi connectivity index (χ4v) is 3.13. The highest BCUT2D eigenvalue weighted by Gasteiger charge is 2.23. The van der Waals surface area contributed by atoms with Crippen molar-refractivity contribution in [3.8, 4) is 0 Å². The van der Waals surface area contributed by atoms with E-state index in [9.17, 15) is 8.42 Å². The fraction of sp³-hybridized carbons (Fsp3) is 0.786. The van der Waals surface area contributed by atoms with E-state index in [-0.39, 0.29) is 5.75 Å². The van der Waals surface area contributed by atoms with E-state index in [0.717, 1.165) is 17.9 Å². The molecule has 0 spiro atoms. The van der Waals surface area contributed by atoms with Crippen molar-refractivity contribution >= 4 is 9.84 Å². The molecule has 1 saturated carbocycles. The summed E-state index contributed by atoms with van der Waals surface area (Å²) < 4.78 is 24.4. The summed E-state index contributed by atoms with van der Waals surface area (Å²) in [6.45, 7) is 7.64. The lowest BCUT2D eigenvalue weighted by atomic mass is 9.99. The maximum absolute atomic E-state index is 11.3. The zero-order valence-corrected chi connectivity index (χ0v) is 13.6. The summed E-state index contributed by atoms with van der Waals surface area (Å²) in [5, 5.41) is 8.04. The van der Waals surface area contributed by atoms with Crippen molar-refractivity contribution in [1.82, 2.24) is 15.1 Å². The molecule has 1 aromatic heterocycles. The van der Waals surface area contributed by atoms with Gasteiger partial charge in [0.1, 0.15) is 9.84 Å². The van der Waals surface area contributed by atoms with E-state index in [4.69, 9.17) is 0 Å². The third-order valence-electron chi connectivity index (χ3n) is 3.89. The van der Waals surface area contributed by atoms with E-state index < -0.39 is 9.84 Å². The molecule has 0 amide bonds. The SMILES string of the molecule is Cc1nn(CCS(C)(=O)=O)c(C)c1C(C)CNC1CC1. The van der Waals surface area contributed by atoms with Gasteiger partial charge in [0.2, 0.25) is 0 Å². The second-order valence-electron chi connectivity index (χ2n) is 6.02. The van der Waals surface area contributed by atoms with Crippen LogP contribution in [0.2, 0.25) is 0 Å². The van der Waals surface area contributed by atoms with Crippen molar-refractivity contribution in [3.05, 3.63) is 17.0 Å². The van der Waals surface area contributed by atoms with Gasteiger partial charge in [0.25, 0.3) is 0 Å². The first kappa shape index (κ1) is 15.5. The lowest BCUT2D eigenvalue weighted by Crippen LogP contribution is -2.22. The molecule has 5 nitrogen and oxygen atoms in total. The van der Waals surface area contributed by atoms with Gasteiger partial charge in [-0.3, -0.25) is 4.68 Å². The highest BCUT2D eigenvalue weighted by atomic mass is 32.2. The second kappa shape index (κ2) is 5.85. The smallest absolute Gasteiger partial charge is 0.149 e. The lowest BCUT2D eigenvalue weighted by Gasteiger charge is -2.13. The molecule has 0 radical (unpaired) electrons. The molecule has 1 heterocycles. The highest BCUT2D eigenvalue weighted by molar-refractivity contribution is 7.90. The molecule has 0 bridgehead atoms. The molecule has 114 valence electrons. The number of nitrogens with zero attached hydrogens (tertiary/aromatic N) is 2. The molecule has 0 saturated heterocycles. The molecule has 1 fully saturated rings. The van der Waals surface area contributed by atoms with Crippen molar-refractivity contribution < 1.29 is 8.42 Å². The van der Waals surface area contributed by atoms with Gasteiger partial charge in [-0.15, -0.1) is 0 Å². The van der Waals surface area contributed by atoms with E-state index in [1.54, 1.807) is 0 Å². The van der Waals surface area contributed by atoms with Gasteiger partial charge in [-0.2, -0.15) is 5.10 Å². The van der Waals surface area contributed by atoms with Crippen LogP contribution in [-0.4, -0.2) is 42.8 Å². The van der Waals surface area contributed by atoms with Gasteiger partial charge in [0.15, 0.2) is 0 Å². The molecule has 1 atom stereocenters. The van der Waals surface area contributed by atoms with Crippen LogP contribution in [0.15, 0.2) is 0 Å². The quantitative estimate of drug-likeness (QED) is 0.826. The first-order valence-electron chi connectivity index (χ1n) is 7.23. The van der Waals surface area contributed by atoms with Crippen LogP contribution in [0.3, 0.4) is 0 Å². The Morgan fingerprint density at radius 1 is 1.40 bits per heavy atom. The second-order valence-corrected chi connectivity index (χ2v) is 8.28. The third-order valence-corrected chi connectivity index (χ3v) is 4.82. The number of rotatable bonds is 7. The number of nitrogens with one attached hydrogen (secondary N) is 1. The summed E-state index contributed by atoms with van der Waals surface area (Å²) in [5.41, 5.74) is 3.36. The number of hydrogen-bond donors (Lipinski definition) is 1. The lowest BCUT2D eigenvalue weighted by molar-refractivity contribution is 0.579. The highest BCUT2D eigenvalue weighted by Crippen LogP contribution is 2.25. The number of hydrogen-bond acceptors (Lipinski definition) is 4. The number of aryl methyl sites for hydroxylation is 2. The standard InChI is InChI=1S/C14H25N3O2S/c1-10(9-15-13-5-6-13)14-11(2)16-17(12(14)3)7-8-20(4,18)19/h10,13,15H,5-9H2,1-4H3. The summed E-state index contributed by atoms with van der Waals surface area (Å²) in [6.07, 6.45) is 3.85. The van der Waals surface area contributed by atoms with E-state index in [1.165, 1.54) is 24.7 Å². The van der Waals surface area contributed by atoms with Gasteiger partial charge >= 0.3 is 0 Å². The van der Waals surface area contributed by atoms with Crippen molar-refractivity contribution in [2.75, 3.05) is 18.6 Å². The first-order chi connectivity index (χ1) is 9.28. The molecule has 6 heteroatoms. The summed E-state index contributed by atoms with van der Waals surface area (Å²) >= 11 is 0. The van der Waals surface area contributed by atoms with E-state index in [0.29, 0.717) is 18.5 Å². The largest absolute Gasteiger partial charge is 0.313 e. The number of sulfone groups is 1. The van der Waals surface area contributed by atoms with Crippen molar-refractivity contribution in [2.45, 2.75) is 52.1 Å². The van der Waals surface area contributed by atoms with Crippen molar-refractivity contribution in [2.24, 2.45) is 0 Å². The Labute approximate surface area is 121 Å². The average molecular weight is 299 g/mol. The molecule has 1 unspecified atom stereocenters. The minimum Gasteiger partial charge on any atom is -0.313 e. The van der Waals surface area contributed by atoms with Crippen LogP contribution in [0.5, 0.6) is 0 Å². The molecular weight excluding hydrogens is 274 g/mol. The summed E-state index contributed by atoms with van der Waals surface area (Å²) in [7, 11) is -2.95. The maximum atomic E-state index is 11.3. The zero-order valence-electron chi connectivity index (χ0n) is 12.8.